The van der Waals surface area contributed by atoms with Gasteiger partial charge in [0, 0.05) is 25.2 Å². The van der Waals surface area contributed by atoms with Gasteiger partial charge in [0.25, 0.3) is 5.91 Å². The van der Waals surface area contributed by atoms with Crippen molar-refractivity contribution in [3.05, 3.63) is 53.2 Å². The molecule has 5 nitrogen and oxygen atoms in total. The summed E-state index contributed by atoms with van der Waals surface area (Å²) in [6, 6.07) is 6.40. The Kier molecular flexibility index (Phi) is 4.19. The summed E-state index contributed by atoms with van der Waals surface area (Å²) in [5.41, 5.74) is 0.495. The van der Waals surface area contributed by atoms with Crippen LogP contribution in [0.3, 0.4) is 0 Å². The van der Waals surface area contributed by atoms with Crippen molar-refractivity contribution in [1.29, 1.82) is 0 Å². The Morgan fingerprint density at radius 1 is 1.20 bits per heavy atom. The zero-order valence-electron chi connectivity index (χ0n) is 10.7. The van der Waals surface area contributed by atoms with Crippen molar-refractivity contribution in [3.8, 4) is 0 Å². The molecule has 0 bridgehead atoms. The number of aromatic nitrogens is 2. The van der Waals surface area contributed by atoms with E-state index in [4.69, 9.17) is 0 Å². The molecule has 20 heavy (non-hydrogen) atoms. The topological polar surface area (TPSA) is 66.9 Å². The highest BCUT2D eigenvalue weighted by Gasteiger charge is 2.07. The first kappa shape index (κ1) is 13.9. The highest BCUT2D eigenvalue weighted by Crippen LogP contribution is 2.11. The third-order valence-corrected chi connectivity index (χ3v) is 2.60. The van der Waals surface area contributed by atoms with E-state index in [2.05, 4.69) is 20.8 Å². The Morgan fingerprint density at radius 2 is 2.00 bits per heavy atom. The SMILES string of the molecule is CNC(=O)c1ccc(NCc2ccc(F)cc2F)nn1. The van der Waals surface area contributed by atoms with Gasteiger partial charge in [0.15, 0.2) is 5.69 Å². The molecule has 1 aromatic heterocycles. The van der Waals surface area contributed by atoms with Gasteiger partial charge in [-0.2, -0.15) is 0 Å². The monoisotopic (exact) mass is 278 g/mol. The smallest absolute Gasteiger partial charge is 0.271 e. The predicted molar refractivity (Wildman–Crippen MR) is 69.1 cm³/mol. The first-order valence-corrected chi connectivity index (χ1v) is 5.84. The van der Waals surface area contributed by atoms with Crippen LogP contribution in [0.5, 0.6) is 0 Å². The van der Waals surface area contributed by atoms with Crippen LogP contribution in [0.15, 0.2) is 30.3 Å². The van der Waals surface area contributed by atoms with Gasteiger partial charge in [0.1, 0.15) is 17.5 Å². The fraction of sp³-hybridized carbons (Fsp3) is 0.154. The van der Waals surface area contributed by atoms with Gasteiger partial charge in [0.2, 0.25) is 0 Å². The zero-order chi connectivity index (χ0) is 14.5. The Bertz CT molecular complexity index is 616. The Labute approximate surface area is 114 Å². The number of benzene rings is 1. The van der Waals surface area contributed by atoms with E-state index in [9.17, 15) is 13.6 Å². The van der Waals surface area contributed by atoms with E-state index < -0.39 is 11.6 Å². The summed E-state index contributed by atoms with van der Waals surface area (Å²) in [7, 11) is 1.49. The van der Waals surface area contributed by atoms with E-state index in [1.165, 1.54) is 25.2 Å². The van der Waals surface area contributed by atoms with Crippen LogP contribution in [0.2, 0.25) is 0 Å². The second kappa shape index (κ2) is 6.05. The molecule has 0 unspecified atom stereocenters. The van der Waals surface area contributed by atoms with Crippen LogP contribution in [0.1, 0.15) is 16.1 Å². The minimum Gasteiger partial charge on any atom is -0.364 e. The lowest BCUT2D eigenvalue weighted by Gasteiger charge is -2.06. The summed E-state index contributed by atoms with van der Waals surface area (Å²) < 4.78 is 26.1. The van der Waals surface area contributed by atoms with Crippen molar-refractivity contribution in [2.45, 2.75) is 6.54 Å². The first-order valence-electron chi connectivity index (χ1n) is 5.84. The Morgan fingerprint density at radius 3 is 2.60 bits per heavy atom. The molecule has 0 radical (unpaired) electrons. The average molecular weight is 278 g/mol. The van der Waals surface area contributed by atoms with Crippen LogP contribution < -0.4 is 10.6 Å². The standard InChI is InChI=1S/C13H12F2N4O/c1-16-13(20)11-4-5-12(19-18-11)17-7-8-2-3-9(14)6-10(8)15/h2-6H,7H2,1H3,(H,16,20)(H,17,19). The van der Waals surface area contributed by atoms with Gasteiger partial charge < -0.3 is 10.6 Å². The third-order valence-electron chi connectivity index (χ3n) is 2.60. The number of carbonyl (C=O) groups excluding carboxylic acids is 1. The minimum absolute atomic E-state index is 0.139. The van der Waals surface area contributed by atoms with Crippen LogP contribution in [0.4, 0.5) is 14.6 Å². The number of halogens is 2. The Balaban J connectivity index is 2.02. The number of nitrogens with zero attached hydrogens (tertiary/aromatic N) is 2. The summed E-state index contributed by atoms with van der Waals surface area (Å²) in [6.45, 7) is 0.139. The van der Waals surface area contributed by atoms with Gasteiger partial charge in [-0.1, -0.05) is 6.07 Å². The van der Waals surface area contributed by atoms with Crippen molar-refractivity contribution in [2.24, 2.45) is 0 Å². The van der Waals surface area contributed by atoms with Crippen molar-refractivity contribution in [2.75, 3.05) is 12.4 Å². The largest absolute Gasteiger partial charge is 0.364 e. The van der Waals surface area contributed by atoms with Crippen molar-refractivity contribution in [1.82, 2.24) is 15.5 Å². The van der Waals surface area contributed by atoms with E-state index in [-0.39, 0.29) is 18.1 Å². The fourth-order valence-corrected chi connectivity index (χ4v) is 1.53. The number of amides is 1. The zero-order valence-corrected chi connectivity index (χ0v) is 10.7. The lowest BCUT2D eigenvalue weighted by atomic mass is 10.2. The number of rotatable bonds is 4. The molecular formula is C13H12F2N4O. The molecule has 0 fully saturated rings. The van der Waals surface area contributed by atoms with Crippen LogP contribution >= 0.6 is 0 Å². The molecule has 2 aromatic rings. The number of hydrogen-bond donors (Lipinski definition) is 2. The van der Waals surface area contributed by atoms with Crippen LogP contribution in [0.25, 0.3) is 0 Å². The molecule has 1 aromatic carbocycles. The van der Waals surface area contributed by atoms with E-state index >= 15 is 0 Å². The molecule has 0 atom stereocenters. The number of nitrogens with one attached hydrogen (secondary N) is 2. The van der Waals surface area contributed by atoms with Gasteiger partial charge >= 0.3 is 0 Å². The molecule has 1 heterocycles. The van der Waals surface area contributed by atoms with Crippen molar-refractivity contribution in [3.63, 3.8) is 0 Å². The molecular weight excluding hydrogens is 266 g/mol. The predicted octanol–water partition coefficient (Wildman–Crippen LogP) is 1.73. The fourth-order valence-electron chi connectivity index (χ4n) is 1.53. The molecule has 2 N–H and O–H groups in total. The molecule has 0 aliphatic heterocycles. The molecule has 0 spiro atoms. The van der Waals surface area contributed by atoms with E-state index in [1.54, 1.807) is 6.07 Å². The maximum absolute atomic E-state index is 13.4. The molecule has 7 heteroatoms. The average Bonchev–Trinajstić information content (AvgIpc) is 2.46. The number of anilines is 1. The van der Waals surface area contributed by atoms with Gasteiger partial charge in [-0.25, -0.2) is 8.78 Å². The summed E-state index contributed by atoms with van der Waals surface area (Å²) in [5, 5.41) is 12.8. The quantitative estimate of drug-likeness (QED) is 0.893. The van der Waals surface area contributed by atoms with Crippen molar-refractivity contribution < 1.29 is 13.6 Å². The van der Waals surface area contributed by atoms with Gasteiger partial charge in [-0.3, -0.25) is 4.79 Å². The van der Waals surface area contributed by atoms with Gasteiger partial charge in [-0.15, -0.1) is 10.2 Å². The molecule has 0 saturated carbocycles. The lowest BCUT2D eigenvalue weighted by molar-refractivity contribution is 0.0957. The van der Waals surface area contributed by atoms with Gasteiger partial charge in [0.05, 0.1) is 0 Å². The molecule has 0 aliphatic rings. The summed E-state index contributed by atoms with van der Waals surface area (Å²) >= 11 is 0. The maximum atomic E-state index is 13.4. The first-order chi connectivity index (χ1) is 9.60. The summed E-state index contributed by atoms with van der Waals surface area (Å²) in [4.78, 5) is 11.3. The van der Waals surface area contributed by atoms with Crippen molar-refractivity contribution >= 4 is 11.7 Å². The maximum Gasteiger partial charge on any atom is 0.271 e. The molecule has 2 rings (SSSR count). The molecule has 1 amide bonds. The molecule has 104 valence electrons. The minimum atomic E-state index is -0.632. The summed E-state index contributed by atoms with van der Waals surface area (Å²) in [6.07, 6.45) is 0. The van der Waals surface area contributed by atoms with Crippen LogP contribution in [0, 0.1) is 11.6 Å². The second-order valence-corrected chi connectivity index (χ2v) is 3.97. The normalized spacial score (nSPS) is 10.2. The number of hydrogen-bond acceptors (Lipinski definition) is 4. The molecule has 0 saturated heterocycles. The summed E-state index contributed by atoms with van der Waals surface area (Å²) in [5.74, 6) is -1.21. The second-order valence-electron chi connectivity index (χ2n) is 3.97. The van der Waals surface area contributed by atoms with Crippen LogP contribution in [-0.4, -0.2) is 23.2 Å². The Hall–Kier alpha value is -2.57. The number of carbonyl (C=O) groups is 1. The lowest BCUT2D eigenvalue weighted by Crippen LogP contribution is -2.19. The van der Waals surface area contributed by atoms with Gasteiger partial charge in [-0.05, 0) is 18.2 Å². The van der Waals surface area contributed by atoms with E-state index in [0.29, 0.717) is 11.4 Å². The highest BCUT2D eigenvalue weighted by molar-refractivity contribution is 5.91. The van der Waals surface area contributed by atoms with E-state index in [1.807, 2.05) is 0 Å². The highest BCUT2D eigenvalue weighted by atomic mass is 19.1. The van der Waals surface area contributed by atoms with E-state index in [0.717, 1.165) is 6.07 Å². The third kappa shape index (κ3) is 3.25. The van der Waals surface area contributed by atoms with Crippen LogP contribution in [-0.2, 0) is 6.54 Å². The molecule has 0 aliphatic carbocycles.